The average molecular weight is 443 g/mol. The lowest BCUT2D eigenvalue weighted by molar-refractivity contribution is 0.0727. The first kappa shape index (κ1) is 21.5. The van der Waals surface area contributed by atoms with Crippen LogP contribution >= 0.6 is 0 Å². The molecule has 0 bridgehead atoms. The number of ether oxygens (including phenoxy) is 1. The fourth-order valence-electron chi connectivity index (χ4n) is 3.88. The van der Waals surface area contributed by atoms with Crippen molar-refractivity contribution in [2.45, 2.75) is 24.9 Å². The van der Waals surface area contributed by atoms with Gasteiger partial charge in [-0.2, -0.15) is 4.31 Å². The average Bonchev–Trinajstić information content (AvgIpc) is 3.16. The van der Waals surface area contributed by atoms with Crippen molar-refractivity contribution in [2.24, 2.45) is 0 Å². The van der Waals surface area contributed by atoms with Gasteiger partial charge >= 0.3 is 0 Å². The maximum atomic E-state index is 13.3. The van der Waals surface area contributed by atoms with Crippen molar-refractivity contribution in [1.29, 1.82) is 0 Å². The molecule has 9 heteroatoms. The molecule has 31 heavy (non-hydrogen) atoms. The number of hydrogen-bond acceptors (Lipinski definition) is 5. The number of aromatic nitrogens is 2. The monoisotopic (exact) mass is 442 g/mol. The van der Waals surface area contributed by atoms with E-state index in [1.165, 1.54) is 15.3 Å². The molecule has 1 amide bonds. The number of para-hydroxylation sites is 2. The van der Waals surface area contributed by atoms with E-state index in [1.807, 2.05) is 31.2 Å². The lowest BCUT2D eigenvalue weighted by Gasteiger charge is -2.27. The van der Waals surface area contributed by atoms with Gasteiger partial charge in [0.05, 0.1) is 41.3 Å². The Labute approximate surface area is 182 Å². The topological polar surface area (TPSA) is 84.7 Å². The second-order valence-electron chi connectivity index (χ2n) is 7.43. The van der Waals surface area contributed by atoms with Crippen molar-refractivity contribution in [3.8, 4) is 0 Å². The Balaban J connectivity index is 1.63. The molecule has 1 aromatic heterocycles. The summed E-state index contributed by atoms with van der Waals surface area (Å²) in [6, 6.07) is 14.2. The van der Waals surface area contributed by atoms with Crippen molar-refractivity contribution >= 4 is 27.0 Å². The number of morpholine rings is 1. The van der Waals surface area contributed by atoms with Crippen molar-refractivity contribution < 1.29 is 17.9 Å². The molecule has 164 valence electrons. The summed E-state index contributed by atoms with van der Waals surface area (Å²) in [4.78, 5) is 19.5. The zero-order valence-electron chi connectivity index (χ0n) is 17.7. The van der Waals surface area contributed by atoms with E-state index in [0.29, 0.717) is 13.2 Å². The van der Waals surface area contributed by atoms with Crippen LogP contribution in [-0.4, -0.2) is 66.4 Å². The minimum absolute atomic E-state index is 0.0257. The maximum Gasteiger partial charge on any atom is 0.255 e. The van der Waals surface area contributed by atoms with E-state index in [9.17, 15) is 13.2 Å². The molecular formula is C22H26N4O4S. The summed E-state index contributed by atoms with van der Waals surface area (Å²) in [5.74, 6) is 0.398. The van der Waals surface area contributed by atoms with Crippen LogP contribution in [0.4, 0.5) is 0 Å². The van der Waals surface area contributed by atoms with Gasteiger partial charge in [-0.05, 0) is 31.2 Å². The van der Waals surface area contributed by atoms with Gasteiger partial charge in [-0.15, -0.1) is 0 Å². The van der Waals surface area contributed by atoms with Crippen molar-refractivity contribution in [3.05, 3.63) is 59.9 Å². The number of aryl methyl sites for hydroxylation is 1. The number of fused-ring (bicyclic) bond motifs is 1. The van der Waals surface area contributed by atoms with Gasteiger partial charge in [0.1, 0.15) is 5.82 Å². The van der Waals surface area contributed by atoms with E-state index in [0.717, 1.165) is 23.4 Å². The van der Waals surface area contributed by atoms with Gasteiger partial charge in [0, 0.05) is 26.7 Å². The highest BCUT2D eigenvalue weighted by Gasteiger charge is 2.31. The fraction of sp³-hybridized carbons (Fsp3) is 0.364. The Morgan fingerprint density at radius 2 is 1.77 bits per heavy atom. The first-order valence-corrected chi connectivity index (χ1v) is 11.7. The van der Waals surface area contributed by atoms with Gasteiger partial charge in [-0.25, -0.2) is 13.4 Å². The summed E-state index contributed by atoms with van der Waals surface area (Å²) in [5.41, 5.74) is 2.04. The normalized spacial score (nSPS) is 15.3. The SMILES string of the molecule is CCn1c(CN(C)C(=O)c2ccccc2S(=O)(=O)N2CCOCC2)nc2ccccc21. The summed E-state index contributed by atoms with van der Waals surface area (Å²) < 4.78 is 35.1. The molecule has 2 heterocycles. The fourth-order valence-corrected chi connectivity index (χ4v) is 5.47. The molecule has 0 atom stereocenters. The van der Waals surface area contributed by atoms with Crippen LogP contribution < -0.4 is 0 Å². The van der Waals surface area contributed by atoms with Gasteiger partial charge in [0.25, 0.3) is 5.91 Å². The van der Waals surface area contributed by atoms with E-state index < -0.39 is 10.0 Å². The Hall–Kier alpha value is -2.75. The van der Waals surface area contributed by atoms with Crippen LogP contribution in [0, 0.1) is 0 Å². The van der Waals surface area contributed by atoms with Gasteiger partial charge in [0.15, 0.2) is 0 Å². The quantitative estimate of drug-likeness (QED) is 0.585. The highest BCUT2D eigenvalue weighted by Crippen LogP contribution is 2.23. The molecule has 0 saturated carbocycles. The highest BCUT2D eigenvalue weighted by atomic mass is 32.2. The van der Waals surface area contributed by atoms with Crippen LogP contribution in [0.1, 0.15) is 23.1 Å². The molecule has 1 aliphatic rings. The highest BCUT2D eigenvalue weighted by molar-refractivity contribution is 7.89. The van der Waals surface area contributed by atoms with Crippen molar-refractivity contribution in [3.63, 3.8) is 0 Å². The third-order valence-corrected chi connectivity index (χ3v) is 7.44. The predicted molar refractivity (Wildman–Crippen MR) is 117 cm³/mol. The number of imidazole rings is 1. The number of sulfonamides is 1. The van der Waals surface area contributed by atoms with Gasteiger partial charge in [-0.1, -0.05) is 24.3 Å². The largest absolute Gasteiger partial charge is 0.379 e. The molecule has 1 fully saturated rings. The Morgan fingerprint density at radius 1 is 1.10 bits per heavy atom. The standard InChI is InChI=1S/C22H26N4O4S/c1-3-26-19-10-6-5-9-18(19)23-21(26)16-24(2)22(27)17-8-4-7-11-20(17)31(28,29)25-12-14-30-15-13-25/h4-11H,3,12-16H2,1-2H3. The van der Waals surface area contributed by atoms with Crippen LogP contribution in [0.2, 0.25) is 0 Å². The predicted octanol–water partition coefficient (Wildman–Crippen LogP) is 2.35. The Kier molecular flexibility index (Phi) is 6.08. The van der Waals surface area contributed by atoms with Gasteiger partial charge in [0.2, 0.25) is 10.0 Å². The van der Waals surface area contributed by atoms with Gasteiger partial charge < -0.3 is 14.2 Å². The lowest BCUT2D eigenvalue weighted by atomic mass is 10.2. The van der Waals surface area contributed by atoms with Crippen molar-refractivity contribution in [2.75, 3.05) is 33.4 Å². The molecule has 0 radical (unpaired) electrons. The maximum absolute atomic E-state index is 13.3. The molecule has 4 rings (SSSR count). The molecule has 0 N–H and O–H groups in total. The van der Waals surface area contributed by atoms with Crippen LogP contribution in [0.3, 0.4) is 0 Å². The first-order valence-electron chi connectivity index (χ1n) is 10.3. The first-order chi connectivity index (χ1) is 14.9. The number of carbonyl (C=O) groups excluding carboxylic acids is 1. The van der Waals surface area contributed by atoms with E-state index in [-0.39, 0.29) is 36.0 Å². The van der Waals surface area contributed by atoms with Gasteiger partial charge in [-0.3, -0.25) is 4.79 Å². The number of carbonyl (C=O) groups is 1. The zero-order chi connectivity index (χ0) is 22.0. The number of benzene rings is 2. The van der Waals surface area contributed by atoms with E-state index in [1.54, 1.807) is 25.2 Å². The minimum Gasteiger partial charge on any atom is -0.379 e. The molecule has 8 nitrogen and oxygen atoms in total. The third kappa shape index (κ3) is 4.08. The number of amides is 1. The van der Waals surface area contributed by atoms with Crippen LogP contribution in [0.15, 0.2) is 53.4 Å². The summed E-state index contributed by atoms with van der Waals surface area (Å²) in [6.07, 6.45) is 0. The van der Waals surface area contributed by atoms with E-state index in [4.69, 9.17) is 4.74 Å². The minimum atomic E-state index is -3.79. The van der Waals surface area contributed by atoms with Crippen LogP contribution in [0.25, 0.3) is 11.0 Å². The summed E-state index contributed by atoms with van der Waals surface area (Å²) in [5, 5.41) is 0. The van der Waals surface area contributed by atoms with Crippen LogP contribution in [0.5, 0.6) is 0 Å². The molecule has 0 unspecified atom stereocenters. The molecule has 0 aliphatic carbocycles. The lowest BCUT2D eigenvalue weighted by Crippen LogP contribution is -2.41. The Morgan fingerprint density at radius 3 is 2.52 bits per heavy atom. The third-order valence-electron chi connectivity index (χ3n) is 5.48. The van der Waals surface area contributed by atoms with Crippen LogP contribution in [-0.2, 0) is 27.8 Å². The zero-order valence-corrected chi connectivity index (χ0v) is 18.5. The number of hydrogen-bond donors (Lipinski definition) is 0. The van der Waals surface area contributed by atoms with Crippen molar-refractivity contribution in [1.82, 2.24) is 18.8 Å². The summed E-state index contributed by atoms with van der Waals surface area (Å²) in [7, 11) is -2.13. The number of nitrogens with zero attached hydrogens (tertiary/aromatic N) is 4. The molecule has 0 spiro atoms. The molecule has 3 aromatic rings. The van der Waals surface area contributed by atoms with E-state index >= 15 is 0 Å². The van der Waals surface area contributed by atoms with E-state index in [2.05, 4.69) is 9.55 Å². The molecule has 1 saturated heterocycles. The smallest absolute Gasteiger partial charge is 0.255 e. The molecular weight excluding hydrogens is 416 g/mol. The summed E-state index contributed by atoms with van der Waals surface area (Å²) in [6.45, 7) is 4.28. The molecule has 1 aliphatic heterocycles. The Bertz CT molecular complexity index is 1200. The second-order valence-corrected chi connectivity index (χ2v) is 9.34. The summed E-state index contributed by atoms with van der Waals surface area (Å²) >= 11 is 0. The number of rotatable bonds is 6. The molecule has 2 aromatic carbocycles. The second kappa shape index (κ2) is 8.78.